The average molecular weight is 484 g/mol. The van der Waals surface area contributed by atoms with Crippen LogP contribution in [0.25, 0.3) is 6.08 Å². The second kappa shape index (κ2) is 9.70. The summed E-state index contributed by atoms with van der Waals surface area (Å²) in [6.45, 7) is 1.62. The van der Waals surface area contributed by atoms with E-state index in [1.54, 1.807) is 43.3 Å². The van der Waals surface area contributed by atoms with Crippen LogP contribution in [-0.2, 0) is 9.59 Å². The van der Waals surface area contributed by atoms with Crippen LogP contribution in [0, 0.1) is 0 Å². The minimum Gasteiger partial charge on any atom is -0.490 e. The van der Waals surface area contributed by atoms with Gasteiger partial charge >= 0.3 is 5.97 Å². The normalized spacial score (nSPS) is 15.0. The second-order valence-corrected chi connectivity index (χ2v) is 8.42. The molecule has 1 aliphatic rings. The topological polar surface area (TPSA) is 76.1 Å². The van der Waals surface area contributed by atoms with Crippen LogP contribution in [0.4, 0.5) is 5.69 Å². The van der Waals surface area contributed by atoms with Crippen molar-refractivity contribution in [3.8, 4) is 11.5 Å². The predicted octanol–water partition coefficient (Wildman–Crippen LogP) is 5.26. The Kier molecular flexibility index (Phi) is 7.25. The molecule has 0 unspecified atom stereocenters. The number of hydrogen-bond acceptors (Lipinski definition) is 6. The van der Waals surface area contributed by atoms with E-state index < -0.39 is 12.6 Å². The van der Waals surface area contributed by atoms with Crippen molar-refractivity contribution >= 4 is 75.1 Å². The molecule has 0 radical (unpaired) electrons. The number of halogens is 2. The van der Waals surface area contributed by atoms with Gasteiger partial charge in [0.1, 0.15) is 0 Å². The van der Waals surface area contributed by atoms with E-state index in [4.69, 9.17) is 50.0 Å². The highest BCUT2D eigenvalue weighted by molar-refractivity contribution is 8.27. The first kappa shape index (κ1) is 22.4. The number of anilines is 1. The Morgan fingerprint density at radius 3 is 2.70 bits per heavy atom. The molecule has 0 atom stereocenters. The third-order valence-electron chi connectivity index (χ3n) is 3.88. The molecule has 1 heterocycles. The SMILES string of the molecule is CCOc1cccc(/C=C2/SC(=S)N(c3ccc(Cl)cc3Cl)C2=O)c1OCC(=O)O. The lowest BCUT2D eigenvalue weighted by molar-refractivity contribution is -0.139. The molecule has 2 aromatic carbocycles. The van der Waals surface area contributed by atoms with Crippen molar-refractivity contribution in [3.63, 3.8) is 0 Å². The zero-order valence-corrected chi connectivity index (χ0v) is 18.7. The number of benzene rings is 2. The quantitative estimate of drug-likeness (QED) is 0.424. The lowest BCUT2D eigenvalue weighted by Gasteiger charge is -2.16. The summed E-state index contributed by atoms with van der Waals surface area (Å²) in [5, 5.41) is 9.71. The van der Waals surface area contributed by atoms with Crippen LogP contribution in [0.3, 0.4) is 0 Å². The molecule has 30 heavy (non-hydrogen) atoms. The average Bonchev–Trinajstić information content (AvgIpc) is 2.95. The van der Waals surface area contributed by atoms with Gasteiger partial charge in [-0.05, 0) is 37.3 Å². The Morgan fingerprint density at radius 2 is 2.03 bits per heavy atom. The fraction of sp³-hybridized carbons (Fsp3) is 0.150. The molecule has 1 N–H and O–H groups in total. The molecule has 3 rings (SSSR count). The number of rotatable bonds is 7. The van der Waals surface area contributed by atoms with Crippen LogP contribution in [0.1, 0.15) is 12.5 Å². The first-order valence-corrected chi connectivity index (χ1v) is 10.6. The number of nitrogens with zero attached hydrogens (tertiary/aromatic N) is 1. The number of amides is 1. The molecule has 0 saturated carbocycles. The summed E-state index contributed by atoms with van der Waals surface area (Å²) in [6.07, 6.45) is 1.59. The van der Waals surface area contributed by atoms with Crippen LogP contribution in [0.2, 0.25) is 10.0 Å². The molecule has 156 valence electrons. The fourth-order valence-electron chi connectivity index (χ4n) is 2.68. The first-order chi connectivity index (χ1) is 14.3. The van der Waals surface area contributed by atoms with Crippen molar-refractivity contribution in [1.29, 1.82) is 0 Å². The maximum absolute atomic E-state index is 13.0. The lowest BCUT2D eigenvalue weighted by Crippen LogP contribution is -2.27. The van der Waals surface area contributed by atoms with Gasteiger partial charge in [0.25, 0.3) is 5.91 Å². The van der Waals surface area contributed by atoms with Gasteiger partial charge in [-0.15, -0.1) is 0 Å². The molecule has 6 nitrogen and oxygen atoms in total. The van der Waals surface area contributed by atoms with Gasteiger partial charge in [0.05, 0.1) is 22.2 Å². The number of thiocarbonyl (C=S) groups is 1. The van der Waals surface area contributed by atoms with Crippen molar-refractivity contribution in [2.45, 2.75) is 6.92 Å². The first-order valence-electron chi connectivity index (χ1n) is 8.65. The van der Waals surface area contributed by atoms with Crippen LogP contribution in [0.5, 0.6) is 11.5 Å². The predicted molar refractivity (Wildman–Crippen MR) is 123 cm³/mol. The number of hydrogen-bond donors (Lipinski definition) is 1. The third-order valence-corrected chi connectivity index (χ3v) is 5.72. The number of carboxylic acid groups (broad SMARTS) is 1. The fourth-order valence-corrected chi connectivity index (χ4v) is 4.45. The highest BCUT2D eigenvalue weighted by atomic mass is 35.5. The largest absolute Gasteiger partial charge is 0.490 e. The summed E-state index contributed by atoms with van der Waals surface area (Å²) >= 11 is 18.7. The Bertz CT molecular complexity index is 1060. The molecule has 1 amide bonds. The van der Waals surface area contributed by atoms with Gasteiger partial charge in [0.15, 0.2) is 22.4 Å². The monoisotopic (exact) mass is 483 g/mol. The van der Waals surface area contributed by atoms with Crippen molar-refractivity contribution < 1.29 is 24.2 Å². The zero-order chi connectivity index (χ0) is 21.8. The van der Waals surface area contributed by atoms with Gasteiger partial charge in [0.2, 0.25) is 0 Å². The Morgan fingerprint density at radius 1 is 1.27 bits per heavy atom. The number of carbonyl (C=O) groups is 2. The van der Waals surface area contributed by atoms with E-state index >= 15 is 0 Å². The summed E-state index contributed by atoms with van der Waals surface area (Å²) in [5.41, 5.74) is 0.919. The lowest BCUT2D eigenvalue weighted by atomic mass is 10.1. The van der Waals surface area contributed by atoms with E-state index in [0.717, 1.165) is 11.8 Å². The Balaban J connectivity index is 1.99. The molecule has 10 heteroatoms. The number of thioether (sulfide) groups is 1. The number of para-hydroxylation sites is 1. The molecular formula is C20H15Cl2NO5S2. The Labute approximate surface area is 192 Å². The van der Waals surface area contributed by atoms with E-state index in [9.17, 15) is 9.59 Å². The van der Waals surface area contributed by atoms with E-state index in [1.165, 1.54) is 11.0 Å². The van der Waals surface area contributed by atoms with Gasteiger partial charge < -0.3 is 14.6 Å². The van der Waals surface area contributed by atoms with Crippen molar-refractivity contribution in [2.75, 3.05) is 18.1 Å². The van der Waals surface area contributed by atoms with Gasteiger partial charge in [-0.2, -0.15) is 0 Å². The number of aliphatic carboxylic acids is 1. The standard InChI is InChI=1S/C20H15Cl2NO5S2/c1-2-27-15-5-3-4-11(18(15)28-10-17(24)25)8-16-19(26)23(20(29)30-16)14-7-6-12(21)9-13(14)22/h3-9H,2,10H2,1H3,(H,24,25)/b16-8+. The molecule has 1 fully saturated rings. The minimum absolute atomic E-state index is 0.233. The summed E-state index contributed by atoms with van der Waals surface area (Å²) in [5.74, 6) is -0.878. The zero-order valence-electron chi connectivity index (χ0n) is 15.6. The van der Waals surface area contributed by atoms with Gasteiger partial charge in [-0.1, -0.05) is 59.3 Å². The van der Waals surface area contributed by atoms with E-state index in [-0.39, 0.29) is 11.7 Å². The number of carboxylic acids is 1. The highest BCUT2D eigenvalue weighted by Gasteiger charge is 2.34. The molecule has 1 saturated heterocycles. The second-order valence-electron chi connectivity index (χ2n) is 5.90. The van der Waals surface area contributed by atoms with Crippen LogP contribution < -0.4 is 14.4 Å². The maximum atomic E-state index is 13.0. The van der Waals surface area contributed by atoms with Crippen molar-refractivity contribution in [2.24, 2.45) is 0 Å². The van der Waals surface area contributed by atoms with Gasteiger partial charge in [0, 0.05) is 10.6 Å². The number of carbonyl (C=O) groups excluding carboxylic acids is 1. The molecule has 1 aliphatic heterocycles. The van der Waals surface area contributed by atoms with Crippen LogP contribution >= 0.6 is 47.2 Å². The minimum atomic E-state index is -1.13. The summed E-state index contributed by atoms with van der Waals surface area (Å²) in [6, 6.07) is 9.85. The number of ether oxygens (including phenoxy) is 2. The van der Waals surface area contributed by atoms with E-state index in [1.807, 2.05) is 0 Å². The summed E-state index contributed by atoms with van der Waals surface area (Å²) in [4.78, 5) is 25.7. The van der Waals surface area contributed by atoms with E-state index in [0.29, 0.717) is 42.9 Å². The molecular weight excluding hydrogens is 469 g/mol. The maximum Gasteiger partial charge on any atom is 0.341 e. The van der Waals surface area contributed by atoms with Crippen molar-refractivity contribution in [3.05, 3.63) is 56.9 Å². The van der Waals surface area contributed by atoms with Crippen molar-refractivity contribution in [1.82, 2.24) is 0 Å². The smallest absolute Gasteiger partial charge is 0.341 e. The third kappa shape index (κ3) is 4.89. The highest BCUT2D eigenvalue weighted by Crippen LogP contribution is 2.41. The molecule has 0 bridgehead atoms. The molecule has 2 aromatic rings. The van der Waals surface area contributed by atoms with Crippen LogP contribution in [0.15, 0.2) is 41.3 Å². The van der Waals surface area contributed by atoms with E-state index in [2.05, 4.69) is 0 Å². The summed E-state index contributed by atoms with van der Waals surface area (Å²) < 4.78 is 11.3. The molecule has 0 spiro atoms. The molecule has 0 aliphatic carbocycles. The van der Waals surface area contributed by atoms with Gasteiger partial charge in [-0.3, -0.25) is 9.69 Å². The Hall–Kier alpha value is -2.26. The summed E-state index contributed by atoms with van der Waals surface area (Å²) in [7, 11) is 0. The molecule has 0 aromatic heterocycles. The van der Waals surface area contributed by atoms with Gasteiger partial charge in [-0.25, -0.2) is 4.79 Å². The van der Waals surface area contributed by atoms with Crippen LogP contribution in [-0.4, -0.2) is 34.5 Å².